The number of hydrogen-bond acceptors (Lipinski definition) is 19. The molecule has 8 heterocycles. The Bertz CT molecular complexity index is 2990. The van der Waals surface area contributed by atoms with Crippen LogP contribution in [-0.4, -0.2) is 172 Å². The molecule has 4 saturated heterocycles. The number of anilines is 3. The third-order valence-corrected chi connectivity index (χ3v) is 16.6. The maximum atomic E-state index is 14.5. The molecule has 4 aliphatic heterocycles. The van der Waals surface area contributed by atoms with Gasteiger partial charge in [0.05, 0.1) is 46.2 Å². The van der Waals surface area contributed by atoms with Gasteiger partial charge in [0, 0.05) is 114 Å². The Morgan fingerprint density at radius 3 is 2.24 bits per heavy atom. The lowest BCUT2D eigenvalue weighted by atomic mass is 9.91. The van der Waals surface area contributed by atoms with Crippen molar-refractivity contribution in [3.8, 4) is 39.2 Å². The zero-order chi connectivity index (χ0) is 55.2. The number of likely N-dealkylation sites (tertiary alicyclic amines) is 1. The quantitative estimate of drug-likeness (QED) is 0.0575. The minimum absolute atomic E-state index is 0.0242. The van der Waals surface area contributed by atoms with Gasteiger partial charge in [-0.2, -0.15) is 0 Å². The highest BCUT2D eigenvalue weighted by molar-refractivity contribution is 7.13. The molecule has 6 atom stereocenters. The molecular formula is C58H74N12O8S. The number of phenols is 1. The van der Waals surface area contributed by atoms with Crippen LogP contribution in [0.1, 0.15) is 75.9 Å². The predicted molar refractivity (Wildman–Crippen MR) is 302 cm³/mol. The summed E-state index contributed by atoms with van der Waals surface area (Å²) < 4.78 is 24.2. The van der Waals surface area contributed by atoms with Gasteiger partial charge in [0.1, 0.15) is 30.9 Å². The number of nitrogen functional groups attached to an aromatic ring is 1. The van der Waals surface area contributed by atoms with Crippen molar-refractivity contribution in [3.05, 3.63) is 102 Å². The van der Waals surface area contributed by atoms with Crippen molar-refractivity contribution in [2.45, 2.75) is 90.1 Å². The number of piperazine rings is 2. The van der Waals surface area contributed by atoms with Crippen LogP contribution >= 0.6 is 11.3 Å². The molecule has 2 bridgehead atoms. The standard InChI is InChI=1S/C58H74N12O8S/c1-36(2)33-75-34-47(39-10-12-40(13-11-39)55-38(5)61-35-79-55)62-57(73)49-27-44(71)32-69(49)58(74)54(37(3)4)51-29-53(65-78-51)77-25-23-67-20-18-66(19-21-67)22-24-76-52-26-41(16-17-60-52)70-42-14-15-43(70)31-68(30-42)48-28-46(63-64-56(48)59)45-8-6-7-9-50(45)72/h6-13,16-17,26,28-29,35-37,42-44,47,49,54,71-72H,14-15,18-25,27,30-34H2,1-5H3,(H2,59,64)(H,62,73)/t42?,43?,44-,47+,49+,54+/m1/s1. The van der Waals surface area contributed by atoms with E-state index in [1.165, 1.54) is 4.90 Å². The number of carbonyl (C=O) groups is 2. The van der Waals surface area contributed by atoms with Crippen molar-refractivity contribution in [3.63, 3.8) is 0 Å². The van der Waals surface area contributed by atoms with Gasteiger partial charge in [-0.3, -0.25) is 19.4 Å². The molecule has 20 nitrogen and oxygen atoms in total. The lowest BCUT2D eigenvalue weighted by Crippen LogP contribution is -2.54. The molecule has 0 aliphatic carbocycles. The number of carbonyl (C=O) groups excluding carboxylic acids is 2. The van der Waals surface area contributed by atoms with E-state index in [4.69, 9.17) is 24.5 Å². The third-order valence-electron chi connectivity index (χ3n) is 15.6. The number of aryl methyl sites for hydroxylation is 1. The maximum absolute atomic E-state index is 14.5. The topological polar surface area (TPSA) is 234 Å². The predicted octanol–water partition coefficient (Wildman–Crippen LogP) is 6.41. The number of para-hydroxylation sites is 1. The van der Waals surface area contributed by atoms with Crippen LogP contribution in [-0.2, 0) is 14.3 Å². The lowest BCUT2D eigenvalue weighted by molar-refractivity contribution is -0.141. The minimum Gasteiger partial charge on any atom is -0.507 e. The van der Waals surface area contributed by atoms with Gasteiger partial charge in [-0.1, -0.05) is 64.1 Å². The van der Waals surface area contributed by atoms with Crippen LogP contribution in [0.15, 0.2) is 89.0 Å². The summed E-state index contributed by atoms with van der Waals surface area (Å²) in [6, 6.07) is 22.1. The third kappa shape index (κ3) is 13.1. The van der Waals surface area contributed by atoms with E-state index in [2.05, 4.69) is 76.2 Å². The number of ether oxygens (including phenoxy) is 3. The number of rotatable bonds is 22. The number of aliphatic hydroxyl groups excluding tert-OH is 1. The Morgan fingerprint density at radius 2 is 1.57 bits per heavy atom. The Morgan fingerprint density at radius 1 is 0.861 bits per heavy atom. The van der Waals surface area contributed by atoms with E-state index < -0.39 is 24.1 Å². The van der Waals surface area contributed by atoms with Gasteiger partial charge in [-0.25, -0.2) is 9.97 Å². The van der Waals surface area contributed by atoms with E-state index in [1.54, 1.807) is 29.5 Å². The monoisotopic (exact) mass is 1100 g/mol. The van der Waals surface area contributed by atoms with Gasteiger partial charge in [0.2, 0.25) is 17.7 Å². The molecule has 2 aromatic carbocycles. The number of aliphatic hydroxyl groups is 1. The molecule has 10 rings (SSSR count). The molecule has 4 fully saturated rings. The number of nitrogens with two attached hydrogens (primary N) is 1. The van der Waals surface area contributed by atoms with E-state index in [0.29, 0.717) is 66.9 Å². The summed E-state index contributed by atoms with van der Waals surface area (Å²) in [5.41, 5.74) is 14.2. The fourth-order valence-electron chi connectivity index (χ4n) is 11.5. The maximum Gasteiger partial charge on any atom is 0.254 e. The Kier molecular flexibility index (Phi) is 17.6. The number of thiazole rings is 1. The molecule has 0 radical (unpaired) electrons. The van der Waals surface area contributed by atoms with Gasteiger partial charge >= 0.3 is 0 Å². The van der Waals surface area contributed by atoms with E-state index in [0.717, 1.165) is 91.7 Å². The van der Waals surface area contributed by atoms with Gasteiger partial charge in [-0.15, -0.1) is 21.5 Å². The SMILES string of the molecule is Cc1ncsc1-c1ccc([C@H](COCC(C)C)NC(=O)[C@@H]2C[C@@H](O)CN2C(=O)[C@H](c2cc(OCCN3CCN(CCOc4cc(N5C6CCC5CN(c5cc(-c7ccccc7O)nnc5N)C6)ccn4)CC3)no2)C(C)C)cc1. The Balaban J connectivity index is 0.669. The smallest absolute Gasteiger partial charge is 0.254 e. The van der Waals surface area contributed by atoms with Crippen molar-refractivity contribution in [1.82, 2.24) is 45.3 Å². The second-order valence-electron chi connectivity index (χ2n) is 22.0. The first-order valence-electron chi connectivity index (χ1n) is 27.7. The summed E-state index contributed by atoms with van der Waals surface area (Å²) in [6.07, 6.45) is 3.20. The molecule has 2 amide bonds. The molecule has 79 heavy (non-hydrogen) atoms. The normalized spacial score (nSPS) is 20.5. The number of phenolic OH excluding ortho intramolecular Hbond substituents is 1. The first-order chi connectivity index (χ1) is 38.3. The molecule has 0 saturated carbocycles. The fourth-order valence-corrected chi connectivity index (χ4v) is 12.3. The van der Waals surface area contributed by atoms with Crippen LogP contribution in [0.2, 0.25) is 0 Å². The summed E-state index contributed by atoms with van der Waals surface area (Å²) >= 11 is 1.58. The summed E-state index contributed by atoms with van der Waals surface area (Å²) in [6.45, 7) is 18.3. The van der Waals surface area contributed by atoms with Crippen LogP contribution in [0.25, 0.3) is 21.7 Å². The van der Waals surface area contributed by atoms with Gasteiger partial charge in [-0.05, 0) is 72.2 Å². The highest BCUT2D eigenvalue weighted by atomic mass is 32.1. The number of aromatic hydroxyl groups is 1. The molecule has 4 aromatic heterocycles. The van der Waals surface area contributed by atoms with E-state index in [9.17, 15) is 19.8 Å². The molecular weight excluding hydrogens is 1020 g/mol. The number of benzene rings is 2. The number of hydrogen-bond donors (Lipinski definition) is 4. The van der Waals surface area contributed by atoms with Crippen LogP contribution in [0.3, 0.4) is 0 Å². The second-order valence-corrected chi connectivity index (χ2v) is 22.9. The summed E-state index contributed by atoms with van der Waals surface area (Å²) in [7, 11) is 0. The molecule has 21 heteroatoms. The summed E-state index contributed by atoms with van der Waals surface area (Å²) in [4.78, 5) is 49.7. The van der Waals surface area contributed by atoms with Gasteiger partial charge in [0.15, 0.2) is 11.6 Å². The summed E-state index contributed by atoms with van der Waals surface area (Å²) in [5, 5.41) is 37.3. The van der Waals surface area contributed by atoms with Gasteiger partial charge < -0.3 is 54.7 Å². The average Bonchev–Trinajstić information content (AvgIpc) is 4.40. The summed E-state index contributed by atoms with van der Waals surface area (Å²) in [5.74, 6) is 0.467. The highest BCUT2D eigenvalue weighted by Gasteiger charge is 2.44. The molecule has 420 valence electrons. The van der Waals surface area contributed by atoms with E-state index >= 15 is 0 Å². The number of nitrogens with one attached hydrogen (secondary N) is 1. The van der Waals surface area contributed by atoms with Crippen LogP contribution in [0.4, 0.5) is 17.2 Å². The largest absolute Gasteiger partial charge is 0.507 e. The first kappa shape index (κ1) is 55.4. The second kappa shape index (κ2) is 25.0. The first-order valence-corrected chi connectivity index (χ1v) is 28.6. The zero-order valence-electron chi connectivity index (χ0n) is 45.8. The number of fused-ring (bicyclic) bond motifs is 2. The molecule has 6 aromatic rings. The molecule has 5 N–H and O–H groups in total. The van der Waals surface area contributed by atoms with Crippen molar-refractivity contribution in [2.75, 3.05) is 101 Å². The van der Waals surface area contributed by atoms with E-state index in [-0.39, 0.29) is 55.1 Å². The average molecular weight is 1100 g/mol. The number of amides is 2. The van der Waals surface area contributed by atoms with Crippen molar-refractivity contribution in [1.29, 1.82) is 0 Å². The van der Waals surface area contributed by atoms with Crippen LogP contribution in [0.5, 0.6) is 17.5 Å². The van der Waals surface area contributed by atoms with E-state index in [1.807, 2.05) is 74.9 Å². The minimum atomic E-state index is -0.890. The van der Waals surface area contributed by atoms with Crippen molar-refractivity contribution >= 4 is 40.3 Å². The number of nitrogens with zero attached hydrogens (tertiary/aromatic N) is 10. The van der Waals surface area contributed by atoms with Crippen molar-refractivity contribution in [2.24, 2.45) is 11.8 Å². The Labute approximate surface area is 465 Å². The molecule has 0 spiro atoms. The number of aromatic nitrogens is 5. The Hall–Kier alpha value is -6.91. The number of β-amino-alcohol motifs (C(OH)–C–C–N with tert-alkyl or cyclic N) is 1. The van der Waals surface area contributed by atoms with Gasteiger partial charge in [0.25, 0.3) is 5.88 Å². The lowest BCUT2D eigenvalue weighted by Gasteiger charge is -2.43. The molecule has 4 aliphatic rings. The highest BCUT2D eigenvalue weighted by Crippen LogP contribution is 2.40. The molecule has 2 unspecified atom stereocenters. The fraction of sp³-hybridized carbons (Fsp3) is 0.500. The zero-order valence-corrected chi connectivity index (χ0v) is 46.6. The van der Waals surface area contributed by atoms with Crippen LogP contribution in [0, 0.1) is 18.8 Å². The number of pyridine rings is 1. The van der Waals surface area contributed by atoms with Crippen molar-refractivity contribution < 1.29 is 38.5 Å². The van der Waals surface area contributed by atoms with Crippen LogP contribution < -0.4 is 30.3 Å².